The molecule has 0 bridgehead atoms. The number of esters is 1. The van der Waals surface area contributed by atoms with Crippen LogP contribution in [-0.4, -0.2) is 18.4 Å². The molecule has 0 aromatic heterocycles. The van der Waals surface area contributed by atoms with E-state index in [1.165, 1.54) is 0 Å². The zero-order valence-corrected chi connectivity index (χ0v) is 21.2. The standard InChI is InChI=1S/C29H23Cl2NO4/c1-3-35-29(34)24-16(2)32-27-20-6-4-5-7-21(20)28(33)26(27)25(24)18-10-13-23(22(31)14-18)36-15-17-8-11-19(30)12-9-17/h4-14,25,32H,3,15H2,1-2H3/t25-/m1/s1. The number of benzene rings is 3. The molecule has 1 atom stereocenters. The van der Waals surface area contributed by atoms with E-state index in [4.69, 9.17) is 32.7 Å². The lowest BCUT2D eigenvalue weighted by Gasteiger charge is -2.29. The molecule has 2 aliphatic rings. The van der Waals surface area contributed by atoms with Crippen LogP contribution in [0.1, 0.15) is 46.8 Å². The van der Waals surface area contributed by atoms with Gasteiger partial charge in [-0.05, 0) is 49.2 Å². The molecule has 3 aromatic carbocycles. The molecule has 0 radical (unpaired) electrons. The first-order valence-corrected chi connectivity index (χ1v) is 12.3. The Kier molecular flexibility index (Phi) is 6.61. The van der Waals surface area contributed by atoms with Crippen molar-refractivity contribution >= 4 is 40.7 Å². The highest BCUT2D eigenvalue weighted by Gasteiger charge is 2.43. The minimum Gasteiger partial charge on any atom is -0.487 e. The van der Waals surface area contributed by atoms with Crippen LogP contribution >= 0.6 is 23.2 Å². The largest absolute Gasteiger partial charge is 0.487 e. The van der Waals surface area contributed by atoms with Crippen LogP contribution in [0.25, 0.3) is 5.70 Å². The van der Waals surface area contributed by atoms with Gasteiger partial charge in [0.1, 0.15) is 12.4 Å². The maximum atomic E-state index is 13.5. The van der Waals surface area contributed by atoms with E-state index in [1.807, 2.05) is 43.3 Å². The Bertz CT molecular complexity index is 1440. The van der Waals surface area contributed by atoms with Gasteiger partial charge in [-0.1, -0.05) is 65.7 Å². The number of carbonyl (C=O) groups is 2. The summed E-state index contributed by atoms with van der Waals surface area (Å²) in [4.78, 5) is 26.6. The average molecular weight is 520 g/mol. The Hall–Kier alpha value is -3.54. The van der Waals surface area contributed by atoms with Crippen molar-refractivity contribution in [1.82, 2.24) is 5.32 Å². The average Bonchev–Trinajstić information content (AvgIpc) is 3.15. The number of halogens is 2. The fraction of sp³-hybridized carbons (Fsp3) is 0.172. The van der Waals surface area contributed by atoms with Crippen molar-refractivity contribution in [2.75, 3.05) is 6.61 Å². The summed E-state index contributed by atoms with van der Waals surface area (Å²) in [7, 11) is 0. The van der Waals surface area contributed by atoms with Crippen LogP contribution in [0.5, 0.6) is 5.75 Å². The topological polar surface area (TPSA) is 64.6 Å². The number of ketones is 1. The molecule has 0 saturated carbocycles. The lowest BCUT2D eigenvalue weighted by Crippen LogP contribution is -2.29. The molecule has 3 aromatic rings. The molecular formula is C29H23Cl2NO4. The van der Waals surface area contributed by atoms with Crippen molar-refractivity contribution in [3.63, 3.8) is 0 Å². The summed E-state index contributed by atoms with van der Waals surface area (Å²) in [5.41, 5.74) is 5.33. The number of hydrogen-bond donors (Lipinski definition) is 1. The second-order valence-corrected chi connectivity index (χ2v) is 9.43. The maximum Gasteiger partial charge on any atom is 0.336 e. The van der Waals surface area contributed by atoms with Crippen LogP contribution in [0.2, 0.25) is 10.0 Å². The molecular weight excluding hydrogens is 497 g/mol. The lowest BCUT2D eigenvalue weighted by atomic mass is 9.80. The summed E-state index contributed by atoms with van der Waals surface area (Å²) < 4.78 is 11.3. The summed E-state index contributed by atoms with van der Waals surface area (Å²) in [5.74, 6) is -0.727. The lowest BCUT2D eigenvalue weighted by molar-refractivity contribution is -0.138. The van der Waals surface area contributed by atoms with E-state index < -0.39 is 11.9 Å². The van der Waals surface area contributed by atoms with Gasteiger partial charge in [0.05, 0.1) is 22.9 Å². The minimum absolute atomic E-state index is 0.119. The predicted molar refractivity (Wildman–Crippen MR) is 140 cm³/mol. The Morgan fingerprint density at radius 1 is 1.00 bits per heavy atom. The van der Waals surface area contributed by atoms with Crippen LogP contribution in [-0.2, 0) is 16.1 Å². The molecule has 5 nitrogen and oxygen atoms in total. The highest BCUT2D eigenvalue weighted by Crippen LogP contribution is 2.47. The normalized spacial score (nSPS) is 16.4. The first-order chi connectivity index (χ1) is 17.4. The third-order valence-corrected chi connectivity index (χ3v) is 6.89. The van der Waals surface area contributed by atoms with Crippen LogP contribution < -0.4 is 10.1 Å². The molecule has 1 aliphatic heterocycles. The number of dihydropyridines is 1. The molecule has 7 heteroatoms. The highest BCUT2D eigenvalue weighted by atomic mass is 35.5. The van der Waals surface area contributed by atoms with E-state index in [1.54, 1.807) is 37.3 Å². The quantitative estimate of drug-likeness (QED) is 0.367. The van der Waals surface area contributed by atoms with Gasteiger partial charge in [-0.15, -0.1) is 0 Å². The predicted octanol–water partition coefficient (Wildman–Crippen LogP) is 6.70. The number of carbonyl (C=O) groups excluding carboxylic acids is 2. The van der Waals surface area contributed by atoms with Gasteiger partial charge in [0.25, 0.3) is 0 Å². The number of nitrogens with one attached hydrogen (secondary N) is 1. The Labute approximate surface area is 219 Å². The van der Waals surface area contributed by atoms with Gasteiger partial charge in [-0.3, -0.25) is 4.79 Å². The van der Waals surface area contributed by atoms with Crippen molar-refractivity contribution in [1.29, 1.82) is 0 Å². The van der Waals surface area contributed by atoms with E-state index in [0.717, 1.165) is 11.1 Å². The monoisotopic (exact) mass is 519 g/mol. The second-order valence-electron chi connectivity index (χ2n) is 8.59. The molecule has 5 rings (SSSR count). The van der Waals surface area contributed by atoms with Gasteiger partial charge >= 0.3 is 5.97 Å². The zero-order valence-electron chi connectivity index (χ0n) is 19.7. The van der Waals surface area contributed by atoms with Crippen molar-refractivity contribution in [3.8, 4) is 5.75 Å². The van der Waals surface area contributed by atoms with E-state index >= 15 is 0 Å². The first kappa shape index (κ1) is 24.2. The smallest absolute Gasteiger partial charge is 0.336 e. The van der Waals surface area contributed by atoms with Gasteiger partial charge in [-0.25, -0.2) is 4.79 Å². The van der Waals surface area contributed by atoms with E-state index in [2.05, 4.69) is 5.32 Å². The van der Waals surface area contributed by atoms with Gasteiger partial charge < -0.3 is 14.8 Å². The Balaban J connectivity index is 1.53. The van der Waals surface area contributed by atoms with Gasteiger partial charge in [0.2, 0.25) is 0 Å². The number of fused-ring (bicyclic) bond motifs is 2. The fourth-order valence-electron chi connectivity index (χ4n) is 4.70. The van der Waals surface area contributed by atoms with Gasteiger partial charge in [0.15, 0.2) is 5.78 Å². The zero-order chi connectivity index (χ0) is 25.4. The third-order valence-electron chi connectivity index (χ3n) is 6.34. The van der Waals surface area contributed by atoms with E-state index in [9.17, 15) is 9.59 Å². The van der Waals surface area contributed by atoms with Crippen molar-refractivity contribution in [2.24, 2.45) is 0 Å². The number of rotatable bonds is 6. The molecule has 0 unspecified atom stereocenters. The molecule has 0 saturated heterocycles. The number of hydrogen-bond acceptors (Lipinski definition) is 5. The van der Waals surface area contributed by atoms with E-state index in [0.29, 0.717) is 56.1 Å². The van der Waals surface area contributed by atoms with Gasteiger partial charge in [0, 0.05) is 33.3 Å². The summed E-state index contributed by atoms with van der Waals surface area (Å²) in [6.07, 6.45) is 0. The molecule has 182 valence electrons. The van der Waals surface area contributed by atoms with Crippen LogP contribution in [0.3, 0.4) is 0 Å². The number of Topliss-reactive ketones (excluding diaryl/α,β-unsaturated/α-hetero) is 1. The Morgan fingerprint density at radius 2 is 1.72 bits per heavy atom. The number of allylic oxidation sites excluding steroid dienone is 2. The van der Waals surface area contributed by atoms with Crippen LogP contribution in [0.15, 0.2) is 83.6 Å². The van der Waals surface area contributed by atoms with Crippen LogP contribution in [0.4, 0.5) is 0 Å². The van der Waals surface area contributed by atoms with E-state index in [-0.39, 0.29) is 12.4 Å². The minimum atomic E-state index is -0.636. The Morgan fingerprint density at radius 3 is 2.42 bits per heavy atom. The summed E-state index contributed by atoms with van der Waals surface area (Å²) in [5, 5.41) is 4.33. The second kappa shape index (κ2) is 9.84. The molecule has 36 heavy (non-hydrogen) atoms. The van der Waals surface area contributed by atoms with Gasteiger partial charge in [-0.2, -0.15) is 0 Å². The number of ether oxygens (including phenoxy) is 2. The van der Waals surface area contributed by atoms with Crippen molar-refractivity contribution in [2.45, 2.75) is 26.4 Å². The maximum absolute atomic E-state index is 13.5. The molecule has 0 amide bonds. The SMILES string of the molecule is CCOC(=O)C1=C(C)NC2=C(C(=O)c3ccccc32)[C@@H]1c1ccc(OCc2ccc(Cl)cc2)c(Cl)c1. The van der Waals surface area contributed by atoms with Crippen LogP contribution in [0, 0.1) is 0 Å². The fourth-order valence-corrected chi connectivity index (χ4v) is 5.07. The molecule has 1 heterocycles. The molecule has 1 aliphatic carbocycles. The third kappa shape index (κ3) is 4.29. The summed E-state index contributed by atoms with van der Waals surface area (Å²) >= 11 is 12.6. The van der Waals surface area contributed by atoms with Crippen molar-refractivity contribution < 1.29 is 19.1 Å². The van der Waals surface area contributed by atoms with Crippen molar-refractivity contribution in [3.05, 3.63) is 116 Å². The molecule has 0 fully saturated rings. The summed E-state index contributed by atoms with van der Waals surface area (Å²) in [6, 6.07) is 20.2. The highest BCUT2D eigenvalue weighted by molar-refractivity contribution is 6.32. The molecule has 0 spiro atoms. The first-order valence-electron chi connectivity index (χ1n) is 11.6. The summed E-state index contributed by atoms with van der Waals surface area (Å²) in [6.45, 7) is 4.12. The molecule has 1 N–H and O–H groups in total.